The molecule has 13 rings (SSSR count). The van der Waals surface area contributed by atoms with Crippen molar-refractivity contribution in [2.75, 3.05) is 9.80 Å². The molecule has 322 valence electrons. The SMILES string of the molecule is Cc1cc(N(c2cc(C)c(C)c(C)c2)c2ccc3cc4c(cc3c2)oc2ccc3oc5cc6cc(N(c7ccccc7)c7cccc8c7oc7ccccc78)ccc6cc5c3c24)cc(C)c1C. The van der Waals surface area contributed by atoms with E-state index in [9.17, 15) is 0 Å². The fourth-order valence-corrected chi connectivity index (χ4v) is 10.5. The van der Waals surface area contributed by atoms with Crippen molar-refractivity contribution in [1.29, 1.82) is 0 Å². The third kappa shape index (κ3) is 6.08. The fourth-order valence-electron chi connectivity index (χ4n) is 10.5. The van der Waals surface area contributed by atoms with E-state index in [4.69, 9.17) is 13.3 Å². The van der Waals surface area contributed by atoms with E-state index in [0.717, 1.165) is 121 Å². The van der Waals surface area contributed by atoms with Gasteiger partial charge in [0.05, 0.1) is 5.69 Å². The Balaban J connectivity index is 0.945. The van der Waals surface area contributed by atoms with Crippen LogP contribution < -0.4 is 9.80 Å². The van der Waals surface area contributed by atoms with Crippen molar-refractivity contribution in [3.63, 3.8) is 0 Å². The molecule has 0 atom stereocenters. The number of benzene rings is 10. The molecule has 0 spiro atoms. The van der Waals surface area contributed by atoms with Gasteiger partial charge in [0.25, 0.3) is 0 Å². The molecule has 3 aromatic heterocycles. The van der Waals surface area contributed by atoms with Gasteiger partial charge in [0, 0.05) is 60.8 Å². The summed E-state index contributed by atoms with van der Waals surface area (Å²) in [5.41, 5.74) is 19.3. The number of nitrogens with zero attached hydrogens (tertiary/aromatic N) is 2. The Morgan fingerprint density at radius 1 is 0.299 bits per heavy atom. The highest BCUT2D eigenvalue weighted by Crippen LogP contribution is 2.46. The van der Waals surface area contributed by atoms with E-state index >= 15 is 0 Å². The van der Waals surface area contributed by atoms with Gasteiger partial charge in [-0.05, 0) is 206 Å². The number of hydrogen-bond acceptors (Lipinski definition) is 5. The summed E-state index contributed by atoms with van der Waals surface area (Å²) in [6, 6.07) is 60.9. The molecule has 0 radical (unpaired) electrons. The van der Waals surface area contributed by atoms with Crippen LogP contribution in [0, 0.1) is 41.5 Å². The lowest BCUT2D eigenvalue weighted by Gasteiger charge is -2.28. The van der Waals surface area contributed by atoms with Gasteiger partial charge in [-0.15, -0.1) is 0 Å². The van der Waals surface area contributed by atoms with Gasteiger partial charge in [0.15, 0.2) is 5.58 Å². The first-order valence-electron chi connectivity index (χ1n) is 23.1. The Kier molecular flexibility index (Phi) is 8.53. The van der Waals surface area contributed by atoms with E-state index in [0.29, 0.717) is 0 Å². The molecule has 0 unspecified atom stereocenters. The predicted octanol–water partition coefficient (Wildman–Crippen LogP) is 18.5. The van der Waals surface area contributed by atoms with Gasteiger partial charge in [0.2, 0.25) is 0 Å². The Bertz CT molecular complexity index is 4080. The zero-order valence-electron chi connectivity index (χ0n) is 38.3. The lowest BCUT2D eigenvalue weighted by molar-refractivity contribution is 0.663. The molecule has 5 heteroatoms. The summed E-state index contributed by atoms with van der Waals surface area (Å²) in [7, 11) is 0. The van der Waals surface area contributed by atoms with Crippen LogP contribution in [0.5, 0.6) is 0 Å². The van der Waals surface area contributed by atoms with Crippen molar-refractivity contribution < 1.29 is 13.3 Å². The average Bonchev–Trinajstić information content (AvgIpc) is 4.02. The van der Waals surface area contributed by atoms with Crippen LogP contribution in [0.25, 0.3) is 87.4 Å². The van der Waals surface area contributed by atoms with Crippen LogP contribution in [0.2, 0.25) is 0 Å². The first kappa shape index (κ1) is 39.1. The monoisotopic (exact) mass is 866 g/mol. The zero-order valence-corrected chi connectivity index (χ0v) is 38.3. The molecular formula is C62H46N2O3. The fraction of sp³-hybridized carbons (Fsp3) is 0.0968. The average molecular weight is 867 g/mol. The van der Waals surface area contributed by atoms with Gasteiger partial charge in [-0.2, -0.15) is 0 Å². The summed E-state index contributed by atoms with van der Waals surface area (Å²) in [5.74, 6) is 0. The second-order valence-electron chi connectivity index (χ2n) is 18.4. The van der Waals surface area contributed by atoms with Crippen molar-refractivity contribution in [3.05, 3.63) is 203 Å². The molecule has 0 bridgehead atoms. The van der Waals surface area contributed by atoms with Crippen LogP contribution in [-0.4, -0.2) is 0 Å². The largest absolute Gasteiger partial charge is 0.456 e. The Labute approximate surface area is 387 Å². The molecule has 0 fully saturated rings. The summed E-state index contributed by atoms with van der Waals surface area (Å²) in [5, 5.41) is 10.9. The molecule has 0 aliphatic heterocycles. The van der Waals surface area contributed by atoms with Crippen LogP contribution in [0.15, 0.2) is 183 Å². The Morgan fingerprint density at radius 3 is 1.37 bits per heavy atom. The van der Waals surface area contributed by atoms with E-state index in [1.807, 2.05) is 18.2 Å². The Morgan fingerprint density at radius 2 is 0.806 bits per heavy atom. The quantitative estimate of drug-likeness (QED) is 0.167. The minimum absolute atomic E-state index is 0.834. The van der Waals surface area contributed by atoms with Gasteiger partial charge >= 0.3 is 0 Å². The molecule has 5 nitrogen and oxygen atoms in total. The van der Waals surface area contributed by atoms with Crippen molar-refractivity contribution >= 4 is 121 Å². The minimum atomic E-state index is 0.834. The summed E-state index contributed by atoms with van der Waals surface area (Å²) < 4.78 is 20.0. The second kappa shape index (κ2) is 14.6. The number of fused-ring (bicyclic) bond motifs is 12. The molecule has 3 heterocycles. The van der Waals surface area contributed by atoms with Gasteiger partial charge < -0.3 is 23.1 Å². The van der Waals surface area contributed by atoms with Gasteiger partial charge in [-0.3, -0.25) is 0 Å². The number of aryl methyl sites for hydroxylation is 4. The molecule has 0 N–H and O–H groups in total. The molecular weight excluding hydrogens is 821 g/mol. The van der Waals surface area contributed by atoms with Gasteiger partial charge in [-0.1, -0.05) is 60.7 Å². The molecule has 0 amide bonds. The van der Waals surface area contributed by atoms with E-state index in [2.05, 4.69) is 203 Å². The van der Waals surface area contributed by atoms with Crippen LogP contribution in [0.1, 0.15) is 33.4 Å². The summed E-state index contributed by atoms with van der Waals surface area (Å²) in [4.78, 5) is 4.68. The molecule has 0 saturated heterocycles. The highest BCUT2D eigenvalue weighted by molar-refractivity contribution is 6.28. The maximum atomic E-state index is 6.74. The van der Waals surface area contributed by atoms with Crippen molar-refractivity contribution in [2.24, 2.45) is 0 Å². The van der Waals surface area contributed by atoms with E-state index in [1.165, 1.54) is 33.4 Å². The predicted molar refractivity (Wildman–Crippen MR) is 281 cm³/mol. The smallest absolute Gasteiger partial charge is 0.159 e. The molecule has 13 aromatic rings. The molecule has 10 aromatic carbocycles. The van der Waals surface area contributed by atoms with Crippen molar-refractivity contribution in [1.82, 2.24) is 0 Å². The van der Waals surface area contributed by atoms with Gasteiger partial charge in [-0.25, -0.2) is 0 Å². The minimum Gasteiger partial charge on any atom is -0.456 e. The third-order valence-electron chi connectivity index (χ3n) is 14.4. The lowest BCUT2D eigenvalue weighted by atomic mass is 9.99. The molecule has 67 heavy (non-hydrogen) atoms. The highest BCUT2D eigenvalue weighted by Gasteiger charge is 2.23. The Hall–Kier alpha value is -8.28. The topological polar surface area (TPSA) is 45.9 Å². The van der Waals surface area contributed by atoms with Crippen molar-refractivity contribution in [2.45, 2.75) is 41.5 Å². The lowest BCUT2D eigenvalue weighted by Crippen LogP contribution is -2.12. The highest BCUT2D eigenvalue weighted by atomic mass is 16.3. The van der Waals surface area contributed by atoms with Crippen LogP contribution in [0.4, 0.5) is 34.1 Å². The molecule has 0 aliphatic carbocycles. The number of furan rings is 3. The zero-order chi connectivity index (χ0) is 45.2. The summed E-state index contributed by atoms with van der Waals surface area (Å²) >= 11 is 0. The standard InChI is InChI=1S/C62H46N2O3/c1-35-25-48(26-36(2)39(35)5)63(49-27-37(3)40(6)38(4)28-49)46-21-19-41-31-52-58(33-43(41)29-46)65-56-23-24-57-61(60(52)56)53-32-42-20-22-47(30-44(42)34-59(53)66-57)64(45-13-8-7-9-14-45)54-17-12-16-51-50-15-10-11-18-55(50)67-62(51)54/h7-34H,1-6H3. The second-order valence-corrected chi connectivity index (χ2v) is 18.4. The number of rotatable bonds is 6. The van der Waals surface area contributed by atoms with Crippen LogP contribution in [0.3, 0.4) is 0 Å². The van der Waals surface area contributed by atoms with E-state index < -0.39 is 0 Å². The normalized spacial score (nSPS) is 12.0. The maximum absolute atomic E-state index is 6.74. The summed E-state index contributed by atoms with van der Waals surface area (Å²) in [6.45, 7) is 13.2. The van der Waals surface area contributed by atoms with E-state index in [1.54, 1.807) is 0 Å². The maximum Gasteiger partial charge on any atom is 0.159 e. The van der Waals surface area contributed by atoms with Crippen LogP contribution in [-0.2, 0) is 0 Å². The number of anilines is 6. The molecule has 0 saturated carbocycles. The van der Waals surface area contributed by atoms with Gasteiger partial charge in [0.1, 0.15) is 27.9 Å². The molecule has 0 aliphatic rings. The third-order valence-corrected chi connectivity index (χ3v) is 14.4. The number of para-hydroxylation sites is 3. The first-order valence-corrected chi connectivity index (χ1v) is 23.1. The van der Waals surface area contributed by atoms with E-state index in [-0.39, 0.29) is 0 Å². The first-order chi connectivity index (χ1) is 32.6. The van der Waals surface area contributed by atoms with Crippen molar-refractivity contribution in [3.8, 4) is 0 Å². The summed E-state index contributed by atoms with van der Waals surface area (Å²) in [6.07, 6.45) is 0. The van der Waals surface area contributed by atoms with Crippen LogP contribution >= 0.6 is 0 Å². The number of hydrogen-bond donors (Lipinski definition) is 0.